The SMILES string of the molecule is c1cc2ccc3ccc([C@@H]4COCCN4)c4ccc(c1)c2c34. The van der Waals surface area contributed by atoms with Crippen LogP contribution in [-0.2, 0) is 4.74 Å². The lowest BCUT2D eigenvalue weighted by atomic mass is 9.90. The van der Waals surface area contributed by atoms with Crippen LogP contribution >= 0.6 is 0 Å². The lowest BCUT2D eigenvalue weighted by molar-refractivity contribution is 0.0773. The molecule has 1 atom stereocenters. The van der Waals surface area contributed by atoms with Gasteiger partial charge in [0, 0.05) is 6.54 Å². The van der Waals surface area contributed by atoms with Gasteiger partial charge in [-0.1, -0.05) is 54.6 Å². The number of hydrogen-bond acceptors (Lipinski definition) is 2. The van der Waals surface area contributed by atoms with Gasteiger partial charge in [-0.2, -0.15) is 0 Å². The van der Waals surface area contributed by atoms with Gasteiger partial charge in [0.2, 0.25) is 0 Å². The van der Waals surface area contributed by atoms with E-state index in [2.05, 4.69) is 59.9 Å². The normalized spacial score (nSPS) is 19.4. The summed E-state index contributed by atoms with van der Waals surface area (Å²) in [7, 11) is 0. The zero-order valence-corrected chi connectivity index (χ0v) is 12.3. The van der Waals surface area contributed by atoms with Crippen molar-refractivity contribution in [1.29, 1.82) is 0 Å². The van der Waals surface area contributed by atoms with Gasteiger partial charge in [0.1, 0.15) is 0 Å². The third-order valence-electron chi connectivity index (χ3n) is 4.86. The van der Waals surface area contributed by atoms with E-state index in [1.54, 1.807) is 0 Å². The third kappa shape index (κ3) is 1.68. The molecule has 0 amide bonds. The predicted octanol–water partition coefficient (Wildman–Crippen LogP) is 4.24. The van der Waals surface area contributed by atoms with Crippen LogP contribution < -0.4 is 5.32 Å². The fourth-order valence-electron chi connectivity index (χ4n) is 3.83. The lowest BCUT2D eigenvalue weighted by Gasteiger charge is -2.26. The first kappa shape index (κ1) is 12.4. The van der Waals surface area contributed by atoms with Crippen molar-refractivity contribution in [1.82, 2.24) is 5.32 Å². The van der Waals surface area contributed by atoms with Gasteiger partial charge in [0.15, 0.2) is 0 Å². The Morgan fingerprint density at radius 1 is 0.818 bits per heavy atom. The molecule has 1 fully saturated rings. The van der Waals surface area contributed by atoms with E-state index in [1.165, 1.54) is 37.9 Å². The fraction of sp³-hybridized carbons (Fsp3) is 0.200. The van der Waals surface area contributed by atoms with Crippen molar-refractivity contribution >= 4 is 32.3 Å². The van der Waals surface area contributed by atoms with Crippen LogP contribution in [0.15, 0.2) is 54.6 Å². The number of nitrogens with one attached hydrogen (secondary N) is 1. The van der Waals surface area contributed by atoms with Crippen LogP contribution in [0, 0.1) is 0 Å². The van der Waals surface area contributed by atoms with Gasteiger partial charge in [-0.05, 0) is 37.9 Å². The summed E-state index contributed by atoms with van der Waals surface area (Å²) in [6, 6.07) is 20.3. The Labute approximate surface area is 129 Å². The maximum atomic E-state index is 5.66. The van der Waals surface area contributed by atoms with Crippen LogP contribution in [0.25, 0.3) is 32.3 Å². The Morgan fingerprint density at radius 3 is 2.32 bits per heavy atom. The molecule has 1 aliphatic rings. The Hall–Kier alpha value is -2.16. The molecule has 1 saturated heterocycles. The maximum absolute atomic E-state index is 5.66. The summed E-state index contributed by atoms with van der Waals surface area (Å²) in [6.07, 6.45) is 0. The van der Waals surface area contributed by atoms with E-state index in [0.717, 1.165) is 19.8 Å². The first-order chi connectivity index (χ1) is 10.9. The van der Waals surface area contributed by atoms with Crippen molar-refractivity contribution in [2.75, 3.05) is 19.8 Å². The molecule has 0 aliphatic carbocycles. The van der Waals surface area contributed by atoms with Crippen LogP contribution in [0.2, 0.25) is 0 Å². The molecule has 22 heavy (non-hydrogen) atoms. The number of benzene rings is 4. The monoisotopic (exact) mass is 287 g/mol. The van der Waals surface area contributed by atoms with Gasteiger partial charge in [0.25, 0.3) is 0 Å². The van der Waals surface area contributed by atoms with E-state index in [4.69, 9.17) is 4.74 Å². The van der Waals surface area contributed by atoms with Crippen LogP contribution in [0.1, 0.15) is 11.6 Å². The predicted molar refractivity (Wildman–Crippen MR) is 91.7 cm³/mol. The second-order valence-electron chi connectivity index (χ2n) is 6.09. The minimum atomic E-state index is 0.290. The molecule has 2 heteroatoms. The largest absolute Gasteiger partial charge is 0.378 e. The minimum Gasteiger partial charge on any atom is -0.378 e. The second kappa shape index (κ2) is 4.67. The first-order valence-electron chi connectivity index (χ1n) is 7.89. The zero-order chi connectivity index (χ0) is 14.5. The molecule has 4 aromatic rings. The summed E-state index contributed by atoms with van der Waals surface area (Å²) in [5.41, 5.74) is 1.35. The minimum absolute atomic E-state index is 0.290. The van der Waals surface area contributed by atoms with Crippen molar-refractivity contribution in [3.8, 4) is 0 Å². The summed E-state index contributed by atoms with van der Waals surface area (Å²) >= 11 is 0. The van der Waals surface area contributed by atoms with E-state index in [-0.39, 0.29) is 0 Å². The van der Waals surface area contributed by atoms with Gasteiger partial charge >= 0.3 is 0 Å². The molecule has 0 aromatic heterocycles. The van der Waals surface area contributed by atoms with Crippen LogP contribution in [0.4, 0.5) is 0 Å². The van der Waals surface area contributed by atoms with Crippen molar-refractivity contribution in [3.05, 3.63) is 60.2 Å². The third-order valence-corrected chi connectivity index (χ3v) is 4.86. The van der Waals surface area contributed by atoms with E-state index >= 15 is 0 Å². The van der Waals surface area contributed by atoms with Gasteiger partial charge in [-0.15, -0.1) is 0 Å². The average Bonchev–Trinajstić information content (AvgIpc) is 2.60. The Morgan fingerprint density at radius 2 is 1.55 bits per heavy atom. The van der Waals surface area contributed by atoms with Crippen LogP contribution in [0.5, 0.6) is 0 Å². The smallest absolute Gasteiger partial charge is 0.0662 e. The van der Waals surface area contributed by atoms with Gasteiger partial charge < -0.3 is 10.1 Å². The number of ether oxygens (including phenoxy) is 1. The Kier molecular flexibility index (Phi) is 2.63. The van der Waals surface area contributed by atoms with Crippen molar-refractivity contribution in [2.45, 2.75) is 6.04 Å². The Balaban J connectivity index is 1.89. The molecule has 0 saturated carbocycles. The molecule has 0 spiro atoms. The van der Waals surface area contributed by atoms with E-state index in [9.17, 15) is 0 Å². The van der Waals surface area contributed by atoms with Crippen LogP contribution in [-0.4, -0.2) is 19.8 Å². The highest BCUT2D eigenvalue weighted by atomic mass is 16.5. The average molecular weight is 287 g/mol. The molecule has 0 radical (unpaired) electrons. The summed E-state index contributed by atoms with van der Waals surface area (Å²) in [5.74, 6) is 0. The van der Waals surface area contributed by atoms with Crippen LogP contribution in [0.3, 0.4) is 0 Å². The highest BCUT2D eigenvalue weighted by Gasteiger charge is 2.19. The van der Waals surface area contributed by atoms with E-state index in [1.807, 2.05) is 0 Å². The zero-order valence-electron chi connectivity index (χ0n) is 12.3. The highest BCUT2D eigenvalue weighted by Crippen LogP contribution is 2.37. The molecular formula is C20H17NO. The Bertz CT molecular complexity index is 954. The number of morpholine rings is 1. The molecule has 1 heterocycles. The molecular weight excluding hydrogens is 270 g/mol. The van der Waals surface area contributed by atoms with Gasteiger partial charge in [-0.3, -0.25) is 0 Å². The summed E-state index contributed by atoms with van der Waals surface area (Å²) in [4.78, 5) is 0. The topological polar surface area (TPSA) is 21.3 Å². The van der Waals surface area contributed by atoms with Gasteiger partial charge in [-0.25, -0.2) is 0 Å². The molecule has 2 nitrogen and oxygen atoms in total. The van der Waals surface area contributed by atoms with Crippen molar-refractivity contribution < 1.29 is 4.74 Å². The first-order valence-corrected chi connectivity index (χ1v) is 7.89. The molecule has 5 rings (SSSR count). The fourth-order valence-corrected chi connectivity index (χ4v) is 3.83. The maximum Gasteiger partial charge on any atom is 0.0662 e. The van der Waals surface area contributed by atoms with E-state index in [0.29, 0.717) is 6.04 Å². The lowest BCUT2D eigenvalue weighted by Crippen LogP contribution is -2.34. The molecule has 1 N–H and O–H groups in total. The van der Waals surface area contributed by atoms with Crippen molar-refractivity contribution in [3.63, 3.8) is 0 Å². The van der Waals surface area contributed by atoms with Crippen molar-refractivity contribution in [2.24, 2.45) is 0 Å². The summed E-state index contributed by atoms with van der Waals surface area (Å²) in [6.45, 7) is 2.49. The number of rotatable bonds is 1. The standard InChI is InChI=1S/C20H17NO/c1-2-13-4-5-15-6-8-16(18-12-22-11-10-21-18)17-9-7-14(3-1)19(13)20(15)17/h1-9,18,21H,10-12H2/t18-/m0/s1. The van der Waals surface area contributed by atoms with Gasteiger partial charge in [0.05, 0.1) is 19.3 Å². The second-order valence-corrected chi connectivity index (χ2v) is 6.09. The molecule has 108 valence electrons. The number of hydrogen-bond donors (Lipinski definition) is 1. The summed E-state index contributed by atoms with van der Waals surface area (Å²) < 4.78 is 5.66. The summed E-state index contributed by atoms with van der Waals surface area (Å²) in [5, 5.41) is 11.7. The quantitative estimate of drug-likeness (QED) is 0.529. The highest BCUT2D eigenvalue weighted by molar-refractivity contribution is 6.23. The molecule has 1 aliphatic heterocycles. The molecule has 0 unspecified atom stereocenters. The van der Waals surface area contributed by atoms with E-state index < -0.39 is 0 Å². The molecule has 0 bridgehead atoms. The molecule has 4 aromatic carbocycles.